The van der Waals surface area contributed by atoms with Gasteiger partial charge in [0.2, 0.25) is 0 Å². The first-order valence-electron chi connectivity index (χ1n) is 5.40. The fourth-order valence-electron chi connectivity index (χ4n) is 2.59. The molecule has 0 bridgehead atoms. The van der Waals surface area contributed by atoms with Gasteiger partial charge >= 0.3 is 0 Å². The molecule has 1 aromatic rings. The highest BCUT2D eigenvalue weighted by molar-refractivity contribution is 5.18. The van der Waals surface area contributed by atoms with Crippen LogP contribution in [0.15, 0.2) is 12.3 Å². The second-order valence-corrected chi connectivity index (χ2v) is 4.50. The van der Waals surface area contributed by atoms with Crippen molar-refractivity contribution >= 4 is 0 Å². The molecule has 78 valence electrons. The van der Waals surface area contributed by atoms with Crippen LogP contribution in [-0.2, 0) is 12.6 Å². The van der Waals surface area contributed by atoms with E-state index in [4.69, 9.17) is 0 Å². The van der Waals surface area contributed by atoms with Gasteiger partial charge in [0.1, 0.15) is 0 Å². The molecule has 0 saturated carbocycles. The van der Waals surface area contributed by atoms with Crippen LogP contribution in [0.25, 0.3) is 0 Å². The van der Waals surface area contributed by atoms with Crippen molar-refractivity contribution in [3.05, 3.63) is 18.0 Å². The van der Waals surface area contributed by atoms with Crippen molar-refractivity contribution in [3.63, 3.8) is 0 Å². The monoisotopic (exact) mass is 193 g/mol. The van der Waals surface area contributed by atoms with Crippen molar-refractivity contribution in [1.29, 1.82) is 0 Å². The summed E-state index contributed by atoms with van der Waals surface area (Å²) in [6.07, 6.45) is 4.38. The Balaban J connectivity index is 2.41. The van der Waals surface area contributed by atoms with Gasteiger partial charge in [-0.25, -0.2) is 0 Å². The molecular formula is C11H19N3. The largest absolute Gasteiger partial charge is 0.306 e. The number of nitrogens with zero attached hydrogens (tertiary/aromatic N) is 2. The van der Waals surface area contributed by atoms with E-state index in [1.54, 1.807) is 0 Å². The van der Waals surface area contributed by atoms with Crippen LogP contribution in [0, 0.1) is 5.92 Å². The molecule has 3 heteroatoms. The maximum Gasteiger partial charge on any atom is 0.0629 e. The minimum Gasteiger partial charge on any atom is -0.306 e. The molecule has 14 heavy (non-hydrogen) atoms. The Morgan fingerprint density at radius 3 is 2.79 bits per heavy atom. The molecule has 1 aliphatic rings. The summed E-state index contributed by atoms with van der Waals surface area (Å²) in [5, 5.41) is 7.92. The van der Waals surface area contributed by atoms with E-state index in [0.29, 0.717) is 5.92 Å². The summed E-state index contributed by atoms with van der Waals surface area (Å²) in [7, 11) is 2.03. The van der Waals surface area contributed by atoms with E-state index in [1.165, 1.54) is 18.5 Å². The van der Waals surface area contributed by atoms with Crippen molar-refractivity contribution < 1.29 is 0 Å². The molecule has 1 aliphatic heterocycles. The molecule has 1 N–H and O–H groups in total. The molecule has 1 fully saturated rings. The minimum absolute atomic E-state index is 0.158. The Kier molecular flexibility index (Phi) is 2.35. The normalized spacial score (nSPS) is 27.4. The summed E-state index contributed by atoms with van der Waals surface area (Å²) < 4.78 is 2.00. The third-order valence-electron chi connectivity index (χ3n) is 3.45. The lowest BCUT2D eigenvalue weighted by Gasteiger charge is -2.34. The standard InChI is InChI=1S/C11H19N3/c1-9(2)11(6-4-7-12-11)10-5-8-13-14(10)3/h5,8-9,12H,4,6-7H2,1-3H3. The van der Waals surface area contributed by atoms with Crippen molar-refractivity contribution in [3.8, 4) is 0 Å². The summed E-state index contributed by atoms with van der Waals surface area (Å²) >= 11 is 0. The van der Waals surface area contributed by atoms with Crippen LogP contribution in [0.1, 0.15) is 32.4 Å². The zero-order valence-electron chi connectivity index (χ0n) is 9.25. The van der Waals surface area contributed by atoms with Crippen LogP contribution >= 0.6 is 0 Å². The third kappa shape index (κ3) is 1.27. The molecule has 2 rings (SSSR count). The average Bonchev–Trinajstić information content (AvgIpc) is 2.72. The van der Waals surface area contributed by atoms with Crippen LogP contribution in [0.2, 0.25) is 0 Å². The smallest absolute Gasteiger partial charge is 0.0629 e. The van der Waals surface area contributed by atoms with Gasteiger partial charge in [0.25, 0.3) is 0 Å². The van der Waals surface area contributed by atoms with Gasteiger partial charge in [-0.15, -0.1) is 0 Å². The van der Waals surface area contributed by atoms with Crippen LogP contribution < -0.4 is 5.32 Å². The lowest BCUT2D eigenvalue weighted by atomic mass is 9.82. The first kappa shape index (κ1) is 9.71. The van der Waals surface area contributed by atoms with Crippen molar-refractivity contribution in [2.75, 3.05) is 6.54 Å². The predicted octanol–water partition coefficient (Wildman–Crippen LogP) is 1.65. The number of hydrogen-bond acceptors (Lipinski definition) is 2. The molecule has 0 aromatic carbocycles. The van der Waals surface area contributed by atoms with Crippen LogP contribution in [0.4, 0.5) is 0 Å². The van der Waals surface area contributed by atoms with Crippen LogP contribution in [0.5, 0.6) is 0 Å². The fraction of sp³-hybridized carbons (Fsp3) is 0.727. The number of aryl methyl sites for hydroxylation is 1. The topological polar surface area (TPSA) is 29.9 Å². The van der Waals surface area contributed by atoms with Crippen LogP contribution in [0.3, 0.4) is 0 Å². The maximum absolute atomic E-state index is 4.27. The van der Waals surface area contributed by atoms with Gasteiger partial charge in [0, 0.05) is 13.2 Å². The molecular weight excluding hydrogens is 174 g/mol. The summed E-state index contributed by atoms with van der Waals surface area (Å²) in [5.41, 5.74) is 1.48. The highest BCUT2D eigenvalue weighted by Gasteiger charge is 2.40. The molecule has 0 radical (unpaired) electrons. The van der Waals surface area contributed by atoms with E-state index in [9.17, 15) is 0 Å². The fourth-order valence-corrected chi connectivity index (χ4v) is 2.59. The second kappa shape index (κ2) is 3.39. The lowest BCUT2D eigenvalue weighted by molar-refractivity contribution is 0.259. The lowest BCUT2D eigenvalue weighted by Crippen LogP contribution is -2.43. The Morgan fingerprint density at radius 1 is 1.57 bits per heavy atom. The van der Waals surface area contributed by atoms with Gasteiger partial charge < -0.3 is 5.32 Å². The van der Waals surface area contributed by atoms with E-state index >= 15 is 0 Å². The van der Waals surface area contributed by atoms with E-state index < -0.39 is 0 Å². The summed E-state index contributed by atoms with van der Waals surface area (Å²) in [5.74, 6) is 0.611. The average molecular weight is 193 g/mol. The molecule has 2 heterocycles. The molecule has 0 amide bonds. The maximum atomic E-state index is 4.27. The number of nitrogens with one attached hydrogen (secondary N) is 1. The van der Waals surface area contributed by atoms with Gasteiger partial charge in [-0.3, -0.25) is 4.68 Å². The zero-order chi connectivity index (χ0) is 10.2. The van der Waals surface area contributed by atoms with E-state index in [0.717, 1.165) is 6.54 Å². The summed E-state index contributed by atoms with van der Waals surface area (Å²) in [6.45, 7) is 5.69. The van der Waals surface area contributed by atoms with Gasteiger partial charge in [-0.05, 0) is 31.4 Å². The van der Waals surface area contributed by atoms with Crippen molar-refractivity contribution in [2.24, 2.45) is 13.0 Å². The molecule has 0 spiro atoms. The minimum atomic E-state index is 0.158. The first-order valence-corrected chi connectivity index (χ1v) is 5.40. The molecule has 1 unspecified atom stereocenters. The first-order chi connectivity index (χ1) is 6.67. The SMILES string of the molecule is CC(C)C1(c2ccnn2C)CCCN1. The Labute approximate surface area is 85.5 Å². The highest BCUT2D eigenvalue weighted by atomic mass is 15.3. The van der Waals surface area contributed by atoms with Gasteiger partial charge in [-0.2, -0.15) is 5.10 Å². The number of hydrogen-bond donors (Lipinski definition) is 1. The third-order valence-corrected chi connectivity index (χ3v) is 3.45. The number of aromatic nitrogens is 2. The highest BCUT2D eigenvalue weighted by Crippen LogP contribution is 2.37. The zero-order valence-corrected chi connectivity index (χ0v) is 9.25. The molecule has 1 aromatic heterocycles. The molecule has 0 aliphatic carbocycles. The quantitative estimate of drug-likeness (QED) is 0.774. The molecule has 1 saturated heterocycles. The van der Waals surface area contributed by atoms with Gasteiger partial charge in [0.05, 0.1) is 11.2 Å². The summed E-state index contributed by atoms with van der Waals surface area (Å²) in [6, 6.07) is 2.14. The Morgan fingerprint density at radius 2 is 2.36 bits per heavy atom. The Bertz CT molecular complexity index is 308. The van der Waals surface area contributed by atoms with E-state index in [2.05, 4.69) is 30.3 Å². The molecule has 1 atom stereocenters. The van der Waals surface area contributed by atoms with E-state index in [1.807, 2.05) is 17.9 Å². The predicted molar refractivity (Wildman–Crippen MR) is 57.0 cm³/mol. The second-order valence-electron chi connectivity index (χ2n) is 4.50. The molecule has 3 nitrogen and oxygen atoms in total. The van der Waals surface area contributed by atoms with Crippen molar-refractivity contribution in [2.45, 2.75) is 32.2 Å². The van der Waals surface area contributed by atoms with Gasteiger partial charge in [0.15, 0.2) is 0 Å². The Hall–Kier alpha value is -0.830. The van der Waals surface area contributed by atoms with E-state index in [-0.39, 0.29) is 5.54 Å². The van der Waals surface area contributed by atoms with Crippen LogP contribution in [-0.4, -0.2) is 16.3 Å². The van der Waals surface area contributed by atoms with Crippen molar-refractivity contribution in [1.82, 2.24) is 15.1 Å². The van der Waals surface area contributed by atoms with Gasteiger partial charge in [-0.1, -0.05) is 13.8 Å². The number of rotatable bonds is 2. The summed E-state index contributed by atoms with van der Waals surface area (Å²) in [4.78, 5) is 0.